The van der Waals surface area contributed by atoms with Crippen molar-refractivity contribution in [3.8, 4) is 0 Å². The first-order chi connectivity index (χ1) is 7.68. The van der Waals surface area contributed by atoms with Crippen molar-refractivity contribution in [2.24, 2.45) is 5.92 Å². The third-order valence-corrected chi connectivity index (χ3v) is 4.49. The predicted molar refractivity (Wildman–Crippen MR) is 71.0 cm³/mol. The van der Waals surface area contributed by atoms with Gasteiger partial charge in [0.25, 0.3) is 0 Å². The number of aryl methyl sites for hydroxylation is 1. The number of piperazine rings is 1. The summed E-state index contributed by atoms with van der Waals surface area (Å²) >= 11 is 1.89. The van der Waals surface area contributed by atoms with Crippen molar-refractivity contribution in [1.82, 2.24) is 10.2 Å². The second kappa shape index (κ2) is 5.30. The fourth-order valence-corrected chi connectivity index (χ4v) is 3.30. The Kier molecular flexibility index (Phi) is 4.00. The van der Waals surface area contributed by atoms with Gasteiger partial charge in [-0.2, -0.15) is 0 Å². The summed E-state index contributed by atoms with van der Waals surface area (Å²) in [5.41, 5.74) is 1.45. The van der Waals surface area contributed by atoms with Crippen molar-refractivity contribution >= 4 is 11.3 Å². The monoisotopic (exact) mass is 238 g/mol. The second-order valence-corrected chi connectivity index (χ2v) is 6.01. The molecule has 0 bridgehead atoms. The molecule has 1 N–H and O–H groups in total. The van der Waals surface area contributed by atoms with Crippen LogP contribution in [0.5, 0.6) is 0 Å². The van der Waals surface area contributed by atoms with E-state index in [0.29, 0.717) is 6.04 Å². The Morgan fingerprint density at radius 2 is 2.38 bits per heavy atom. The Morgan fingerprint density at radius 1 is 1.56 bits per heavy atom. The number of nitrogens with one attached hydrogen (secondary N) is 1. The Hall–Kier alpha value is -0.380. The molecule has 0 radical (unpaired) electrons. The van der Waals surface area contributed by atoms with Crippen molar-refractivity contribution in [2.45, 2.75) is 33.4 Å². The molecule has 1 aromatic rings. The van der Waals surface area contributed by atoms with E-state index in [-0.39, 0.29) is 0 Å². The molecule has 2 rings (SSSR count). The van der Waals surface area contributed by atoms with Crippen LogP contribution in [0, 0.1) is 12.8 Å². The lowest BCUT2D eigenvalue weighted by Crippen LogP contribution is -2.52. The van der Waals surface area contributed by atoms with E-state index >= 15 is 0 Å². The minimum absolute atomic E-state index is 0.690. The van der Waals surface area contributed by atoms with Gasteiger partial charge in [-0.15, -0.1) is 11.3 Å². The summed E-state index contributed by atoms with van der Waals surface area (Å²) in [5, 5.41) is 5.71. The molecule has 2 nitrogen and oxygen atoms in total. The molecule has 0 spiro atoms. The number of hydrogen-bond acceptors (Lipinski definition) is 3. The van der Waals surface area contributed by atoms with Gasteiger partial charge in [0.05, 0.1) is 0 Å². The molecule has 1 aliphatic rings. The van der Waals surface area contributed by atoms with Crippen LogP contribution in [0.4, 0.5) is 0 Å². The van der Waals surface area contributed by atoms with Gasteiger partial charge in [0, 0.05) is 37.1 Å². The highest BCUT2D eigenvalue weighted by Crippen LogP contribution is 2.21. The van der Waals surface area contributed by atoms with Crippen molar-refractivity contribution < 1.29 is 0 Å². The van der Waals surface area contributed by atoms with E-state index in [0.717, 1.165) is 25.6 Å². The van der Waals surface area contributed by atoms with Crippen LogP contribution in [0.25, 0.3) is 0 Å². The van der Waals surface area contributed by atoms with Gasteiger partial charge in [-0.05, 0) is 29.9 Å². The lowest BCUT2D eigenvalue weighted by Gasteiger charge is -2.38. The van der Waals surface area contributed by atoms with Gasteiger partial charge >= 0.3 is 0 Å². The maximum absolute atomic E-state index is 3.50. The number of rotatable bonds is 3. The summed E-state index contributed by atoms with van der Waals surface area (Å²) in [5.74, 6) is 0.730. The SMILES string of the molecule is Cc1ccsc1CN1CCNCC1C(C)C. The van der Waals surface area contributed by atoms with E-state index < -0.39 is 0 Å². The van der Waals surface area contributed by atoms with E-state index in [9.17, 15) is 0 Å². The van der Waals surface area contributed by atoms with Gasteiger partial charge in [0.1, 0.15) is 0 Å². The van der Waals surface area contributed by atoms with Crippen molar-refractivity contribution in [2.75, 3.05) is 19.6 Å². The van der Waals surface area contributed by atoms with Crippen LogP contribution in [0.3, 0.4) is 0 Å². The number of nitrogens with zero attached hydrogens (tertiary/aromatic N) is 1. The Balaban J connectivity index is 2.04. The molecule has 16 heavy (non-hydrogen) atoms. The zero-order valence-corrected chi connectivity index (χ0v) is 11.3. The molecular formula is C13H22N2S. The number of thiophene rings is 1. The van der Waals surface area contributed by atoms with Crippen LogP contribution in [-0.2, 0) is 6.54 Å². The van der Waals surface area contributed by atoms with Crippen LogP contribution < -0.4 is 5.32 Å². The normalized spacial score (nSPS) is 22.9. The van der Waals surface area contributed by atoms with Crippen molar-refractivity contribution in [3.63, 3.8) is 0 Å². The van der Waals surface area contributed by atoms with Crippen LogP contribution in [0.1, 0.15) is 24.3 Å². The molecule has 1 saturated heterocycles. The highest BCUT2D eigenvalue weighted by atomic mass is 32.1. The van der Waals surface area contributed by atoms with E-state index in [4.69, 9.17) is 0 Å². The lowest BCUT2D eigenvalue weighted by atomic mass is 10.0. The quantitative estimate of drug-likeness (QED) is 0.870. The van der Waals surface area contributed by atoms with E-state index in [1.165, 1.54) is 17.0 Å². The minimum Gasteiger partial charge on any atom is -0.314 e. The van der Waals surface area contributed by atoms with Gasteiger partial charge in [0.15, 0.2) is 0 Å². The van der Waals surface area contributed by atoms with Gasteiger partial charge in [-0.1, -0.05) is 13.8 Å². The molecule has 0 aliphatic carbocycles. The largest absolute Gasteiger partial charge is 0.314 e. The first-order valence-corrected chi connectivity index (χ1v) is 7.04. The highest BCUT2D eigenvalue weighted by molar-refractivity contribution is 7.10. The summed E-state index contributed by atoms with van der Waals surface area (Å²) in [4.78, 5) is 4.17. The summed E-state index contributed by atoms with van der Waals surface area (Å²) in [6.45, 7) is 11.5. The van der Waals surface area contributed by atoms with Gasteiger partial charge < -0.3 is 5.32 Å². The Bertz CT molecular complexity index is 332. The van der Waals surface area contributed by atoms with Crippen molar-refractivity contribution in [1.29, 1.82) is 0 Å². The van der Waals surface area contributed by atoms with E-state index in [1.54, 1.807) is 0 Å². The molecule has 1 unspecified atom stereocenters. The fourth-order valence-electron chi connectivity index (χ4n) is 2.37. The zero-order chi connectivity index (χ0) is 11.5. The summed E-state index contributed by atoms with van der Waals surface area (Å²) in [7, 11) is 0. The fraction of sp³-hybridized carbons (Fsp3) is 0.692. The van der Waals surface area contributed by atoms with Gasteiger partial charge in [0.2, 0.25) is 0 Å². The van der Waals surface area contributed by atoms with Crippen molar-refractivity contribution in [3.05, 3.63) is 21.9 Å². The third kappa shape index (κ3) is 2.65. The number of hydrogen-bond donors (Lipinski definition) is 1. The lowest BCUT2D eigenvalue weighted by molar-refractivity contribution is 0.118. The maximum Gasteiger partial charge on any atom is 0.0334 e. The molecule has 3 heteroatoms. The molecule has 2 heterocycles. The summed E-state index contributed by atoms with van der Waals surface area (Å²) < 4.78 is 0. The first kappa shape index (κ1) is 12.1. The van der Waals surface area contributed by atoms with Gasteiger partial charge in [-0.3, -0.25) is 4.90 Å². The van der Waals surface area contributed by atoms with E-state index in [1.807, 2.05) is 11.3 Å². The molecule has 1 aromatic heterocycles. The summed E-state index contributed by atoms with van der Waals surface area (Å²) in [6.07, 6.45) is 0. The molecule has 0 saturated carbocycles. The highest BCUT2D eigenvalue weighted by Gasteiger charge is 2.25. The smallest absolute Gasteiger partial charge is 0.0334 e. The molecular weight excluding hydrogens is 216 g/mol. The molecule has 0 amide bonds. The maximum atomic E-state index is 3.50. The summed E-state index contributed by atoms with van der Waals surface area (Å²) in [6, 6.07) is 2.92. The molecule has 1 fully saturated rings. The average Bonchev–Trinajstić information content (AvgIpc) is 2.65. The Labute approximate surface area is 103 Å². The third-order valence-electron chi connectivity index (χ3n) is 3.48. The molecule has 1 atom stereocenters. The standard InChI is InChI=1S/C13H22N2S/c1-10(2)12-8-14-5-6-15(12)9-13-11(3)4-7-16-13/h4,7,10,12,14H,5-6,8-9H2,1-3H3. The van der Waals surface area contributed by atoms with E-state index in [2.05, 4.69) is 42.4 Å². The topological polar surface area (TPSA) is 15.3 Å². The van der Waals surface area contributed by atoms with Crippen LogP contribution in [0.2, 0.25) is 0 Å². The van der Waals surface area contributed by atoms with Crippen LogP contribution in [-0.4, -0.2) is 30.6 Å². The minimum atomic E-state index is 0.690. The predicted octanol–water partition coefficient (Wildman–Crippen LogP) is 2.49. The van der Waals surface area contributed by atoms with Gasteiger partial charge in [-0.25, -0.2) is 0 Å². The Morgan fingerprint density at radius 3 is 3.00 bits per heavy atom. The zero-order valence-electron chi connectivity index (χ0n) is 10.5. The molecule has 1 aliphatic heterocycles. The second-order valence-electron chi connectivity index (χ2n) is 5.01. The molecule has 0 aromatic carbocycles. The van der Waals surface area contributed by atoms with Crippen LogP contribution >= 0.6 is 11.3 Å². The first-order valence-electron chi connectivity index (χ1n) is 6.16. The average molecular weight is 238 g/mol. The van der Waals surface area contributed by atoms with Crippen LogP contribution in [0.15, 0.2) is 11.4 Å². The molecule has 90 valence electrons.